The summed E-state index contributed by atoms with van der Waals surface area (Å²) in [5.74, 6) is 0. The molecule has 48 valence electrons. The molecule has 0 saturated heterocycles. The zero-order valence-electron chi connectivity index (χ0n) is 5.65. The van der Waals surface area contributed by atoms with E-state index >= 15 is 0 Å². The van der Waals surface area contributed by atoms with Crippen molar-refractivity contribution < 1.29 is 0 Å². The number of hydrogen-bond acceptors (Lipinski definition) is 1. The van der Waals surface area contributed by atoms with Crippen molar-refractivity contribution in [3.05, 3.63) is 36.2 Å². The molecule has 0 aromatic heterocycles. The molecule has 1 aliphatic heterocycles. The third-order valence-corrected chi connectivity index (χ3v) is 1.42. The molecule has 0 saturated carbocycles. The van der Waals surface area contributed by atoms with Crippen molar-refractivity contribution in [1.29, 1.82) is 0 Å². The SMILES string of the molecule is C=C1NC=CC=C1CC. The lowest BCUT2D eigenvalue weighted by molar-refractivity contribution is 0.988. The highest BCUT2D eigenvalue weighted by Crippen LogP contribution is 2.11. The van der Waals surface area contributed by atoms with Crippen LogP contribution in [0.4, 0.5) is 0 Å². The van der Waals surface area contributed by atoms with Crippen LogP contribution < -0.4 is 5.32 Å². The highest BCUT2D eigenvalue weighted by molar-refractivity contribution is 5.34. The van der Waals surface area contributed by atoms with Crippen molar-refractivity contribution in [3.63, 3.8) is 0 Å². The fraction of sp³-hybridized carbons (Fsp3) is 0.250. The molecule has 0 amide bonds. The van der Waals surface area contributed by atoms with Crippen LogP contribution in [0.3, 0.4) is 0 Å². The van der Waals surface area contributed by atoms with Gasteiger partial charge in [0.1, 0.15) is 0 Å². The Labute approximate surface area is 55.8 Å². The summed E-state index contributed by atoms with van der Waals surface area (Å²) in [5, 5.41) is 3.04. The zero-order chi connectivity index (χ0) is 6.69. The van der Waals surface area contributed by atoms with Gasteiger partial charge >= 0.3 is 0 Å². The molecule has 0 radical (unpaired) electrons. The minimum atomic E-state index is 1.03. The molecule has 0 atom stereocenters. The van der Waals surface area contributed by atoms with Gasteiger partial charge in [-0.25, -0.2) is 0 Å². The van der Waals surface area contributed by atoms with Crippen molar-refractivity contribution in [2.24, 2.45) is 0 Å². The normalized spacial score (nSPS) is 17.0. The first-order valence-electron chi connectivity index (χ1n) is 3.16. The van der Waals surface area contributed by atoms with Crippen LogP contribution in [0, 0.1) is 0 Å². The summed E-state index contributed by atoms with van der Waals surface area (Å²) in [6, 6.07) is 0. The quantitative estimate of drug-likeness (QED) is 0.559. The van der Waals surface area contributed by atoms with Crippen LogP contribution in [-0.4, -0.2) is 0 Å². The van der Waals surface area contributed by atoms with E-state index in [0.717, 1.165) is 12.1 Å². The minimum Gasteiger partial charge on any atom is -0.362 e. The van der Waals surface area contributed by atoms with Crippen LogP contribution in [0.5, 0.6) is 0 Å². The number of allylic oxidation sites excluding steroid dienone is 3. The van der Waals surface area contributed by atoms with Crippen molar-refractivity contribution in [3.8, 4) is 0 Å². The van der Waals surface area contributed by atoms with Gasteiger partial charge < -0.3 is 5.32 Å². The summed E-state index contributed by atoms with van der Waals surface area (Å²) in [6.07, 6.45) is 7.02. The molecule has 1 rings (SSSR count). The van der Waals surface area contributed by atoms with Crippen molar-refractivity contribution in [1.82, 2.24) is 5.32 Å². The van der Waals surface area contributed by atoms with Crippen LogP contribution in [0.1, 0.15) is 13.3 Å². The summed E-state index contributed by atoms with van der Waals surface area (Å²) in [7, 11) is 0. The summed E-state index contributed by atoms with van der Waals surface area (Å²) >= 11 is 0. The van der Waals surface area contributed by atoms with Crippen molar-refractivity contribution in [2.45, 2.75) is 13.3 Å². The topological polar surface area (TPSA) is 12.0 Å². The second-order valence-electron chi connectivity index (χ2n) is 2.03. The maximum atomic E-state index is 3.84. The monoisotopic (exact) mass is 121 g/mol. The summed E-state index contributed by atoms with van der Waals surface area (Å²) in [6.45, 7) is 5.96. The van der Waals surface area contributed by atoms with Gasteiger partial charge in [-0.15, -0.1) is 0 Å². The largest absolute Gasteiger partial charge is 0.362 e. The molecular formula is C8H11N. The van der Waals surface area contributed by atoms with Crippen LogP contribution in [0.15, 0.2) is 36.2 Å². The number of nitrogens with one attached hydrogen (secondary N) is 1. The van der Waals surface area contributed by atoms with E-state index in [1.807, 2.05) is 12.3 Å². The lowest BCUT2D eigenvalue weighted by Crippen LogP contribution is -2.08. The molecule has 0 aliphatic carbocycles. The Morgan fingerprint density at radius 3 is 2.89 bits per heavy atom. The number of rotatable bonds is 1. The van der Waals surface area contributed by atoms with Gasteiger partial charge in [-0.2, -0.15) is 0 Å². The molecule has 9 heavy (non-hydrogen) atoms. The first-order valence-corrected chi connectivity index (χ1v) is 3.16. The third kappa shape index (κ3) is 1.22. The standard InChI is InChI=1S/C8H11N/c1-3-8-5-4-6-9-7(8)2/h4-6,9H,2-3H2,1H3. The van der Waals surface area contributed by atoms with Crippen LogP contribution in [-0.2, 0) is 0 Å². The number of hydrogen-bond donors (Lipinski definition) is 1. The summed E-state index contributed by atoms with van der Waals surface area (Å²) < 4.78 is 0. The Balaban J connectivity index is 2.74. The third-order valence-electron chi connectivity index (χ3n) is 1.42. The molecule has 1 N–H and O–H groups in total. The van der Waals surface area contributed by atoms with E-state index in [1.54, 1.807) is 0 Å². The van der Waals surface area contributed by atoms with Gasteiger partial charge in [-0.1, -0.05) is 19.6 Å². The van der Waals surface area contributed by atoms with Crippen LogP contribution in [0.25, 0.3) is 0 Å². The Bertz CT molecular complexity index is 175. The predicted octanol–water partition coefficient (Wildman–Crippen LogP) is 1.95. The summed E-state index contributed by atoms with van der Waals surface area (Å²) in [5.41, 5.74) is 2.32. The average molecular weight is 121 g/mol. The van der Waals surface area contributed by atoms with Gasteiger partial charge in [-0.05, 0) is 18.1 Å². The van der Waals surface area contributed by atoms with Gasteiger partial charge in [-0.3, -0.25) is 0 Å². The molecule has 1 aliphatic rings. The minimum absolute atomic E-state index is 1.03. The van der Waals surface area contributed by atoms with Crippen LogP contribution >= 0.6 is 0 Å². The van der Waals surface area contributed by atoms with E-state index in [1.165, 1.54) is 5.57 Å². The molecule has 1 heteroatoms. The lowest BCUT2D eigenvalue weighted by Gasteiger charge is -2.10. The first-order chi connectivity index (χ1) is 4.34. The molecule has 0 aromatic rings. The van der Waals surface area contributed by atoms with Gasteiger partial charge in [0.05, 0.1) is 0 Å². The van der Waals surface area contributed by atoms with E-state index in [-0.39, 0.29) is 0 Å². The highest BCUT2D eigenvalue weighted by atomic mass is 14.9. The molecule has 1 heterocycles. The maximum Gasteiger partial charge on any atom is 0.0339 e. The molecule has 0 fully saturated rings. The van der Waals surface area contributed by atoms with Crippen molar-refractivity contribution >= 4 is 0 Å². The van der Waals surface area contributed by atoms with Gasteiger partial charge in [0.2, 0.25) is 0 Å². The Morgan fingerprint density at radius 1 is 1.67 bits per heavy atom. The highest BCUT2D eigenvalue weighted by Gasteiger charge is 1.98. The fourth-order valence-corrected chi connectivity index (χ4v) is 0.838. The molecule has 0 unspecified atom stereocenters. The Hall–Kier alpha value is -0.980. The van der Waals surface area contributed by atoms with Gasteiger partial charge in [0.25, 0.3) is 0 Å². The molecule has 0 aromatic carbocycles. The summed E-state index contributed by atoms with van der Waals surface area (Å²) in [4.78, 5) is 0. The maximum absolute atomic E-state index is 3.84. The molecule has 0 spiro atoms. The van der Waals surface area contributed by atoms with E-state index < -0.39 is 0 Å². The first kappa shape index (κ1) is 6.14. The molecule has 1 nitrogen and oxygen atoms in total. The second kappa shape index (κ2) is 2.53. The molecule has 0 bridgehead atoms. The average Bonchev–Trinajstić information content (AvgIpc) is 1.89. The van der Waals surface area contributed by atoms with E-state index in [9.17, 15) is 0 Å². The van der Waals surface area contributed by atoms with Gasteiger partial charge in [0, 0.05) is 11.9 Å². The molecular weight excluding hydrogens is 110 g/mol. The zero-order valence-corrected chi connectivity index (χ0v) is 5.65. The van der Waals surface area contributed by atoms with Gasteiger partial charge in [0.15, 0.2) is 0 Å². The Kier molecular flexibility index (Phi) is 1.73. The van der Waals surface area contributed by atoms with E-state index in [0.29, 0.717) is 0 Å². The number of dihydropyridines is 1. The predicted molar refractivity (Wildman–Crippen MR) is 39.8 cm³/mol. The van der Waals surface area contributed by atoms with Crippen LogP contribution in [0.2, 0.25) is 0 Å². The fourth-order valence-electron chi connectivity index (χ4n) is 0.838. The second-order valence-corrected chi connectivity index (χ2v) is 2.03. The smallest absolute Gasteiger partial charge is 0.0339 e. The lowest BCUT2D eigenvalue weighted by atomic mass is 10.1. The van der Waals surface area contributed by atoms with E-state index in [2.05, 4.69) is 24.9 Å². The van der Waals surface area contributed by atoms with E-state index in [4.69, 9.17) is 0 Å². The Morgan fingerprint density at radius 2 is 2.44 bits per heavy atom. The van der Waals surface area contributed by atoms with Crippen molar-refractivity contribution in [2.75, 3.05) is 0 Å².